The normalized spacial score (nSPS) is 10.6. The third kappa shape index (κ3) is 4.31. The van der Waals surface area contributed by atoms with Gasteiger partial charge in [-0.25, -0.2) is 13.8 Å². The second kappa shape index (κ2) is 7.89. The first-order chi connectivity index (χ1) is 9.13. The van der Waals surface area contributed by atoms with E-state index in [4.69, 9.17) is 4.74 Å². The van der Waals surface area contributed by atoms with Crippen LogP contribution in [0.15, 0.2) is 6.07 Å². The first-order valence-corrected chi connectivity index (χ1v) is 6.56. The highest BCUT2D eigenvalue weighted by Crippen LogP contribution is 2.22. The summed E-state index contributed by atoms with van der Waals surface area (Å²) in [5.74, 6) is -1.10. The van der Waals surface area contributed by atoms with Crippen molar-refractivity contribution in [1.29, 1.82) is 0 Å². The van der Waals surface area contributed by atoms with E-state index in [-0.39, 0.29) is 11.6 Å². The van der Waals surface area contributed by atoms with Crippen molar-refractivity contribution in [1.82, 2.24) is 4.98 Å². The molecular formula is C13H21F2N3O. The molecule has 0 unspecified atom stereocenters. The molecule has 0 aromatic carbocycles. The summed E-state index contributed by atoms with van der Waals surface area (Å²) in [5, 5.41) is 2.78. The third-order valence-electron chi connectivity index (χ3n) is 2.65. The number of pyridine rings is 1. The molecule has 108 valence electrons. The fourth-order valence-corrected chi connectivity index (χ4v) is 1.70. The third-order valence-corrected chi connectivity index (χ3v) is 2.65. The molecule has 0 saturated heterocycles. The zero-order valence-electron chi connectivity index (χ0n) is 11.7. The number of nitrogens with zero attached hydrogens (tertiary/aromatic N) is 2. The van der Waals surface area contributed by atoms with E-state index in [2.05, 4.69) is 10.3 Å². The van der Waals surface area contributed by atoms with Crippen molar-refractivity contribution < 1.29 is 13.5 Å². The number of nitrogens with one attached hydrogen (secondary N) is 1. The van der Waals surface area contributed by atoms with Gasteiger partial charge in [0.25, 0.3) is 0 Å². The Balaban J connectivity index is 2.92. The van der Waals surface area contributed by atoms with Crippen molar-refractivity contribution in [3.63, 3.8) is 0 Å². The molecule has 0 aliphatic rings. The Morgan fingerprint density at radius 2 is 2.00 bits per heavy atom. The van der Waals surface area contributed by atoms with Crippen LogP contribution < -0.4 is 10.2 Å². The molecule has 0 aliphatic carbocycles. The first-order valence-electron chi connectivity index (χ1n) is 6.56. The van der Waals surface area contributed by atoms with Gasteiger partial charge in [0.05, 0.1) is 6.61 Å². The maximum Gasteiger partial charge on any atom is 0.168 e. The summed E-state index contributed by atoms with van der Waals surface area (Å²) in [7, 11) is 0. The topological polar surface area (TPSA) is 37.4 Å². The highest BCUT2D eigenvalue weighted by Gasteiger charge is 2.16. The lowest BCUT2D eigenvalue weighted by atomic mass is 10.3. The largest absolute Gasteiger partial charge is 0.380 e. The monoisotopic (exact) mass is 273 g/mol. The molecule has 4 nitrogen and oxygen atoms in total. The van der Waals surface area contributed by atoms with Crippen LogP contribution in [0.1, 0.15) is 20.8 Å². The van der Waals surface area contributed by atoms with Gasteiger partial charge in [0.2, 0.25) is 0 Å². The summed E-state index contributed by atoms with van der Waals surface area (Å²) in [4.78, 5) is 5.75. The molecule has 0 aliphatic heterocycles. The fraction of sp³-hybridized carbons (Fsp3) is 0.615. The summed E-state index contributed by atoms with van der Waals surface area (Å²) in [6.07, 6.45) is 0. The van der Waals surface area contributed by atoms with Gasteiger partial charge in [-0.2, -0.15) is 0 Å². The van der Waals surface area contributed by atoms with Gasteiger partial charge in [-0.1, -0.05) is 0 Å². The van der Waals surface area contributed by atoms with Crippen LogP contribution in [0, 0.1) is 11.6 Å². The smallest absolute Gasteiger partial charge is 0.168 e. The molecule has 1 heterocycles. The zero-order valence-corrected chi connectivity index (χ0v) is 11.7. The summed E-state index contributed by atoms with van der Waals surface area (Å²) >= 11 is 0. The van der Waals surface area contributed by atoms with Crippen LogP contribution >= 0.6 is 0 Å². The Morgan fingerprint density at radius 1 is 1.26 bits per heavy atom. The van der Waals surface area contributed by atoms with Crippen LogP contribution in [0.4, 0.5) is 20.4 Å². The van der Waals surface area contributed by atoms with E-state index in [9.17, 15) is 8.78 Å². The molecule has 1 rings (SSSR count). The summed E-state index contributed by atoms with van der Waals surface area (Å²) < 4.78 is 32.5. The predicted molar refractivity (Wildman–Crippen MR) is 72.7 cm³/mol. The maximum atomic E-state index is 13.8. The minimum atomic E-state index is -0.677. The summed E-state index contributed by atoms with van der Waals surface area (Å²) in [5.41, 5.74) is 0. The van der Waals surface area contributed by atoms with Crippen molar-refractivity contribution in [3.8, 4) is 0 Å². The highest BCUT2D eigenvalue weighted by molar-refractivity contribution is 5.49. The molecular weight excluding hydrogens is 252 g/mol. The van der Waals surface area contributed by atoms with E-state index in [0.717, 1.165) is 6.07 Å². The second-order valence-electron chi connectivity index (χ2n) is 3.93. The molecule has 0 spiro atoms. The fourth-order valence-electron chi connectivity index (χ4n) is 1.70. The zero-order chi connectivity index (χ0) is 14.3. The second-order valence-corrected chi connectivity index (χ2v) is 3.93. The molecule has 1 aromatic heterocycles. The first kappa shape index (κ1) is 15.6. The Labute approximate surface area is 112 Å². The van der Waals surface area contributed by atoms with Crippen molar-refractivity contribution in [2.75, 3.05) is 43.1 Å². The highest BCUT2D eigenvalue weighted by atomic mass is 19.1. The Bertz CT molecular complexity index is 402. The Hall–Kier alpha value is -1.43. The van der Waals surface area contributed by atoms with Gasteiger partial charge in [0, 0.05) is 32.3 Å². The number of rotatable bonds is 8. The number of anilines is 2. The van der Waals surface area contributed by atoms with Gasteiger partial charge in [-0.15, -0.1) is 0 Å². The van der Waals surface area contributed by atoms with E-state index in [1.54, 1.807) is 4.90 Å². The lowest BCUT2D eigenvalue weighted by molar-refractivity contribution is 0.154. The Kier molecular flexibility index (Phi) is 6.49. The van der Waals surface area contributed by atoms with Crippen molar-refractivity contribution >= 4 is 11.6 Å². The van der Waals surface area contributed by atoms with Gasteiger partial charge in [-0.05, 0) is 20.8 Å². The lowest BCUT2D eigenvalue weighted by Gasteiger charge is -2.23. The van der Waals surface area contributed by atoms with Crippen LogP contribution in [0.25, 0.3) is 0 Å². The minimum absolute atomic E-state index is 0.0776. The van der Waals surface area contributed by atoms with Crippen LogP contribution in [-0.2, 0) is 4.74 Å². The average molecular weight is 273 g/mol. The average Bonchev–Trinajstić information content (AvgIpc) is 2.39. The van der Waals surface area contributed by atoms with Gasteiger partial charge in [0.15, 0.2) is 23.3 Å². The van der Waals surface area contributed by atoms with E-state index in [1.165, 1.54) is 0 Å². The lowest BCUT2D eigenvalue weighted by Crippen LogP contribution is -2.29. The number of ether oxygens (including phenoxy) is 1. The van der Waals surface area contributed by atoms with Crippen LogP contribution in [0.5, 0.6) is 0 Å². The van der Waals surface area contributed by atoms with Crippen LogP contribution in [0.3, 0.4) is 0 Å². The molecule has 0 bridgehead atoms. The molecule has 0 radical (unpaired) electrons. The van der Waals surface area contributed by atoms with Crippen molar-refractivity contribution in [2.45, 2.75) is 20.8 Å². The molecule has 19 heavy (non-hydrogen) atoms. The molecule has 6 heteroatoms. The van der Waals surface area contributed by atoms with Crippen LogP contribution in [0.2, 0.25) is 0 Å². The molecule has 1 aromatic rings. The van der Waals surface area contributed by atoms with Crippen LogP contribution in [-0.4, -0.2) is 37.8 Å². The van der Waals surface area contributed by atoms with E-state index in [1.807, 2.05) is 20.8 Å². The van der Waals surface area contributed by atoms with E-state index in [0.29, 0.717) is 32.8 Å². The quantitative estimate of drug-likeness (QED) is 0.739. The van der Waals surface area contributed by atoms with Crippen molar-refractivity contribution in [2.24, 2.45) is 0 Å². The summed E-state index contributed by atoms with van der Waals surface area (Å²) in [6, 6.07) is 0.865. The predicted octanol–water partition coefficient (Wildman–Crippen LogP) is 2.65. The Morgan fingerprint density at radius 3 is 2.58 bits per heavy atom. The van der Waals surface area contributed by atoms with Gasteiger partial charge in [-0.3, -0.25) is 0 Å². The molecule has 0 saturated carbocycles. The number of hydrogen-bond donors (Lipinski definition) is 1. The molecule has 0 amide bonds. The van der Waals surface area contributed by atoms with E-state index >= 15 is 0 Å². The molecule has 0 fully saturated rings. The van der Waals surface area contributed by atoms with Crippen molar-refractivity contribution in [3.05, 3.63) is 17.7 Å². The maximum absolute atomic E-state index is 13.8. The number of hydrogen-bond acceptors (Lipinski definition) is 4. The SMILES string of the molecule is CCNc1nc(N(CC)CCOCC)c(F)cc1F. The standard InChI is InChI=1S/C13H21F2N3O/c1-4-16-12-10(14)9-11(15)13(17-12)18(5-2)7-8-19-6-3/h9H,4-8H2,1-3H3,(H,16,17). The minimum Gasteiger partial charge on any atom is -0.380 e. The molecule has 1 N–H and O–H groups in total. The molecule has 0 atom stereocenters. The number of halogens is 2. The van der Waals surface area contributed by atoms with Gasteiger partial charge in [0.1, 0.15) is 0 Å². The van der Waals surface area contributed by atoms with Gasteiger partial charge >= 0.3 is 0 Å². The van der Waals surface area contributed by atoms with E-state index < -0.39 is 11.6 Å². The number of aromatic nitrogens is 1. The summed E-state index contributed by atoms with van der Waals surface area (Å²) in [6.45, 7) is 8.34. The number of likely N-dealkylation sites (N-methyl/N-ethyl adjacent to an activating group) is 1. The van der Waals surface area contributed by atoms with Gasteiger partial charge < -0.3 is 15.0 Å².